The van der Waals surface area contributed by atoms with E-state index in [4.69, 9.17) is 14.7 Å². The molecule has 1 amide bonds. The molecule has 1 fully saturated rings. The molecule has 0 spiro atoms. The van der Waals surface area contributed by atoms with Gasteiger partial charge in [0.2, 0.25) is 5.91 Å². The van der Waals surface area contributed by atoms with Crippen LogP contribution in [-0.4, -0.2) is 32.3 Å². The predicted octanol–water partition coefficient (Wildman–Crippen LogP) is 1.94. The third-order valence-electron chi connectivity index (χ3n) is 3.17. The lowest BCUT2D eigenvalue weighted by molar-refractivity contribution is -0.117. The number of ether oxygens (including phenoxy) is 2. The van der Waals surface area contributed by atoms with Gasteiger partial charge in [-0.1, -0.05) is 12.1 Å². The minimum absolute atomic E-state index is 0.143. The van der Waals surface area contributed by atoms with E-state index in [1.807, 2.05) is 6.07 Å². The molecule has 0 aliphatic carbocycles. The number of benzene rings is 1. The van der Waals surface area contributed by atoms with Crippen molar-refractivity contribution in [2.24, 2.45) is 5.92 Å². The average molecular weight is 274 g/mol. The summed E-state index contributed by atoms with van der Waals surface area (Å²) in [5.41, 5.74) is 1.01. The Hall–Kier alpha value is -1.90. The van der Waals surface area contributed by atoms with E-state index in [-0.39, 0.29) is 12.3 Å². The van der Waals surface area contributed by atoms with E-state index in [0.717, 1.165) is 19.6 Å². The van der Waals surface area contributed by atoms with Crippen molar-refractivity contribution in [2.45, 2.75) is 12.8 Å². The molecule has 0 radical (unpaired) electrons. The average Bonchev–Trinajstić information content (AvgIpc) is 2.97. The molecule has 1 heterocycles. The zero-order valence-corrected chi connectivity index (χ0v) is 11.3. The Morgan fingerprint density at radius 3 is 3.10 bits per heavy atom. The van der Waals surface area contributed by atoms with E-state index in [1.54, 1.807) is 24.3 Å². The summed E-state index contributed by atoms with van der Waals surface area (Å²) in [6.07, 6.45) is 1.31. The number of hydrogen-bond acceptors (Lipinski definition) is 4. The smallest absolute Gasteiger partial charge is 0.226 e. The van der Waals surface area contributed by atoms with Crippen LogP contribution in [0.15, 0.2) is 24.3 Å². The Labute approximate surface area is 118 Å². The lowest BCUT2D eigenvalue weighted by Gasteiger charge is -2.09. The molecule has 5 nitrogen and oxygen atoms in total. The molecule has 0 saturated carbocycles. The Morgan fingerprint density at radius 2 is 2.35 bits per heavy atom. The van der Waals surface area contributed by atoms with Crippen molar-refractivity contribution in [3.63, 3.8) is 0 Å². The standard InChI is InChI=1S/C15H18N2O3/c16-9-13-3-1-2-4-14(13)17-15(18)6-8-20-11-12-5-7-19-10-12/h1-4,12H,5-8,10-11H2,(H,17,18). The lowest BCUT2D eigenvalue weighted by Crippen LogP contribution is -2.17. The van der Waals surface area contributed by atoms with E-state index in [0.29, 0.717) is 30.4 Å². The van der Waals surface area contributed by atoms with Gasteiger partial charge in [0.25, 0.3) is 0 Å². The molecule has 1 atom stereocenters. The van der Waals surface area contributed by atoms with E-state index < -0.39 is 0 Å². The van der Waals surface area contributed by atoms with Gasteiger partial charge in [0.05, 0.1) is 37.5 Å². The molecule has 1 aliphatic heterocycles. The summed E-state index contributed by atoms with van der Waals surface area (Å²) in [7, 11) is 0. The normalized spacial score (nSPS) is 17.6. The highest BCUT2D eigenvalue weighted by Gasteiger charge is 2.15. The number of para-hydroxylation sites is 1. The van der Waals surface area contributed by atoms with Gasteiger partial charge >= 0.3 is 0 Å². The number of carbonyl (C=O) groups is 1. The van der Waals surface area contributed by atoms with Gasteiger partial charge in [-0.3, -0.25) is 4.79 Å². The number of nitrogens with one attached hydrogen (secondary N) is 1. The Kier molecular flexibility index (Phi) is 5.54. The number of rotatable bonds is 6. The summed E-state index contributed by atoms with van der Waals surface area (Å²) in [4.78, 5) is 11.8. The summed E-state index contributed by atoms with van der Waals surface area (Å²) in [5, 5.41) is 11.7. The van der Waals surface area contributed by atoms with E-state index in [1.165, 1.54) is 0 Å². The van der Waals surface area contributed by atoms with Crippen molar-refractivity contribution in [3.8, 4) is 6.07 Å². The zero-order chi connectivity index (χ0) is 14.2. The van der Waals surface area contributed by atoms with Gasteiger partial charge in [-0.05, 0) is 18.6 Å². The maximum atomic E-state index is 11.8. The molecule has 106 valence electrons. The molecular formula is C15H18N2O3. The van der Waals surface area contributed by atoms with Gasteiger partial charge in [-0.15, -0.1) is 0 Å². The van der Waals surface area contributed by atoms with Crippen molar-refractivity contribution >= 4 is 11.6 Å². The molecule has 20 heavy (non-hydrogen) atoms. The number of nitrogens with zero attached hydrogens (tertiary/aromatic N) is 1. The maximum absolute atomic E-state index is 11.8. The number of anilines is 1. The zero-order valence-electron chi connectivity index (χ0n) is 11.3. The monoisotopic (exact) mass is 274 g/mol. The minimum Gasteiger partial charge on any atom is -0.381 e. The minimum atomic E-state index is -0.143. The fourth-order valence-electron chi connectivity index (χ4n) is 2.03. The summed E-state index contributed by atoms with van der Waals surface area (Å²) >= 11 is 0. The van der Waals surface area contributed by atoms with Crippen molar-refractivity contribution in [2.75, 3.05) is 31.7 Å². The van der Waals surface area contributed by atoms with Crippen molar-refractivity contribution < 1.29 is 14.3 Å². The van der Waals surface area contributed by atoms with E-state index in [9.17, 15) is 4.79 Å². The van der Waals surface area contributed by atoms with Crippen LogP contribution in [0.1, 0.15) is 18.4 Å². The first-order valence-electron chi connectivity index (χ1n) is 6.74. The molecule has 1 aromatic rings. The number of amides is 1. The SMILES string of the molecule is N#Cc1ccccc1NC(=O)CCOCC1CCOC1. The molecule has 0 bridgehead atoms. The molecule has 1 aromatic carbocycles. The van der Waals surface area contributed by atoms with Crippen LogP contribution >= 0.6 is 0 Å². The molecule has 1 aliphatic rings. The number of carbonyl (C=O) groups excluding carboxylic acids is 1. The summed E-state index contributed by atoms with van der Waals surface area (Å²) in [5.74, 6) is 0.313. The van der Waals surface area contributed by atoms with E-state index >= 15 is 0 Å². The van der Waals surface area contributed by atoms with Gasteiger partial charge in [0.1, 0.15) is 6.07 Å². The van der Waals surface area contributed by atoms with Crippen LogP contribution in [0.2, 0.25) is 0 Å². The van der Waals surface area contributed by atoms with Crippen LogP contribution < -0.4 is 5.32 Å². The van der Waals surface area contributed by atoms with Gasteiger partial charge in [0.15, 0.2) is 0 Å². The fraction of sp³-hybridized carbons (Fsp3) is 0.467. The van der Waals surface area contributed by atoms with Gasteiger partial charge in [0, 0.05) is 12.5 Å². The van der Waals surface area contributed by atoms with Gasteiger partial charge < -0.3 is 14.8 Å². The molecule has 5 heteroatoms. The maximum Gasteiger partial charge on any atom is 0.226 e. The highest BCUT2D eigenvalue weighted by atomic mass is 16.5. The third kappa shape index (κ3) is 4.34. The first-order chi connectivity index (χ1) is 9.79. The highest BCUT2D eigenvalue weighted by molar-refractivity contribution is 5.92. The highest BCUT2D eigenvalue weighted by Crippen LogP contribution is 2.14. The number of nitriles is 1. The predicted molar refractivity (Wildman–Crippen MR) is 74.1 cm³/mol. The topological polar surface area (TPSA) is 71.4 Å². The lowest BCUT2D eigenvalue weighted by atomic mass is 10.1. The second-order valence-corrected chi connectivity index (χ2v) is 4.76. The summed E-state index contributed by atoms with van der Waals surface area (Å²) in [6, 6.07) is 8.98. The second-order valence-electron chi connectivity index (χ2n) is 4.76. The Morgan fingerprint density at radius 1 is 1.50 bits per heavy atom. The molecule has 2 rings (SSSR count). The summed E-state index contributed by atoms with van der Waals surface area (Å²) < 4.78 is 10.7. The number of hydrogen-bond donors (Lipinski definition) is 1. The first kappa shape index (κ1) is 14.5. The second kappa shape index (κ2) is 7.63. The molecular weight excluding hydrogens is 256 g/mol. The molecule has 1 unspecified atom stereocenters. The summed E-state index contributed by atoms with van der Waals surface area (Å²) in [6.45, 7) is 2.58. The quantitative estimate of drug-likeness (QED) is 0.805. The third-order valence-corrected chi connectivity index (χ3v) is 3.17. The largest absolute Gasteiger partial charge is 0.381 e. The van der Waals surface area contributed by atoms with Crippen molar-refractivity contribution in [1.29, 1.82) is 5.26 Å². The van der Waals surface area contributed by atoms with Crippen LogP contribution in [0.25, 0.3) is 0 Å². The van der Waals surface area contributed by atoms with Crippen LogP contribution in [0.3, 0.4) is 0 Å². The Balaban J connectivity index is 1.68. The van der Waals surface area contributed by atoms with Crippen molar-refractivity contribution in [3.05, 3.63) is 29.8 Å². The van der Waals surface area contributed by atoms with Crippen LogP contribution in [-0.2, 0) is 14.3 Å². The molecule has 1 N–H and O–H groups in total. The van der Waals surface area contributed by atoms with Crippen molar-refractivity contribution in [1.82, 2.24) is 0 Å². The van der Waals surface area contributed by atoms with Gasteiger partial charge in [-0.2, -0.15) is 5.26 Å². The molecule has 1 saturated heterocycles. The fourth-order valence-corrected chi connectivity index (χ4v) is 2.03. The van der Waals surface area contributed by atoms with Crippen LogP contribution in [0.4, 0.5) is 5.69 Å². The van der Waals surface area contributed by atoms with Gasteiger partial charge in [-0.25, -0.2) is 0 Å². The molecule has 0 aromatic heterocycles. The van der Waals surface area contributed by atoms with E-state index in [2.05, 4.69) is 5.32 Å². The Bertz CT molecular complexity index is 490. The van der Waals surface area contributed by atoms with Crippen LogP contribution in [0.5, 0.6) is 0 Å². The van der Waals surface area contributed by atoms with Crippen LogP contribution in [0, 0.1) is 17.2 Å². The first-order valence-corrected chi connectivity index (χ1v) is 6.74.